The predicted molar refractivity (Wildman–Crippen MR) is 94.6 cm³/mol. The van der Waals surface area contributed by atoms with Gasteiger partial charge in [-0.1, -0.05) is 29.8 Å². The molecule has 0 radical (unpaired) electrons. The van der Waals surface area contributed by atoms with Gasteiger partial charge in [-0.15, -0.1) is 0 Å². The highest BCUT2D eigenvalue weighted by Gasteiger charge is 2.23. The lowest BCUT2D eigenvalue weighted by Crippen LogP contribution is -2.38. The summed E-state index contributed by atoms with van der Waals surface area (Å²) in [5.41, 5.74) is 8.52. The zero-order valence-electron chi connectivity index (χ0n) is 13.0. The molecule has 0 bridgehead atoms. The number of nitrogen functional groups attached to an aromatic ring is 1. The molecule has 0 atom stereocenters. The molecule has 120 valence electrons. The van der Waals surface area contributed by atoms with Crippen molar-refractivity contribution in [3.63, 3.8) is 0 Å². The molecule has 3 nitrogen and oxygen atoms in total. The van der Waals surface area contributed by atoms with E-state index in [4.69, 9.17) is 17.3 Å². The molecule has 0 saturated carbocycles. The Morgan fingerprint density at radius 1 is 1.13 bits per heavy atom. The van der Waals surface area contributed by atoms with Crippen LogP contribution in [0.3, 0.4) is 0 Å². The van der Waals surface area contributed by atoms with Gasteiger partial charge in [0.15, 0.2) is 0 Å². The Morgan fingerprint density at radius 3 is 2.48 bits per heavy atom. The minimum absolute atomic E-state index is 0.0819. The van der Waals surface area contributed by atoms with Crippen molar-refractivity contribution in [1.82, 2.24) is 4.90 Å². The van der Waals surface area contributed by atoms with Gasteiger partial charge in [-0.25, -0.2) is 0 Å². The molecule has 1 amide bonds. The van der Waals surface area contributed by atoms with Crippen LogP contribution in [0.1, 0.15) is 28.8 Å². The molecule has 2 aromatic carbocycles. The Morgan fingerprint density at radius 2 is 1.83 bits per heavy atom. The molecule has 1 aliphatic rings. The summed E-state index contributed by atoms with van der Waals surface area (Å²) in [6.45, 7) is 1.62. The van der Waals surface area contributed by atoms with Crippen LogP contribution in [-0.2, 0) is 6.42 Å². The molecule has 0 aliphatic carbocycles. The first-order valence-corrected chi connectivity index (χ1v) is 8.39. The van der Waals surface area contributed by atoms with Gasteiger partial charge >= 0.3 is 0 Å². The summed E-state index contributed by atoms with van der Waals surface area (Å²) >= 11 is 5.97. The van der Waals surface area contributed by atoms with E-state index < -0.39 is 0 Å². The number of likely N-dealkylation sites (tertiary alicyclic amines) is 1. The second kappa shape index (κ2) is 7.05. The molecular weight excluding hydrogens is 308 g/mol. The summed E-state index contributed by atoms with van der Waals surface area (Å²) in [4.78, 5) is 14.4. The van der Waals surface area contributed by atoms with Gasteiger partial charge in [-0.3, -0.25) is 4.79 Å². The lowest BCUT2D eigenvalue weighted by atomic mass is 9.90. The number of amides is 1. The molecule has 4 heteroatoms. The average molecular weight is 329 g/mol. The molecule has 1 heterocycles. The lowest BCUT2D eigenvalue weighted by molar-refractivity contribution is 0.0690. The van der Waals surface area contributed by atoms with Gasteiger partial charge in [0, 0.05) is 29.4 Å². The van der Waals surface area contributed by atoms with E-state index in [1.165, 1.54) is 5.56 Å². The van der Waals surface area contributed by atoms with E-state index in [9.17, 15) is 4.79 Å². The van der Waals surface area contributed by atoms with Gasteiger partial charge < -0.3 is 10.6 Å². The van der Waals surface area contributed by atoms with Crippen LogP contribution >= 0.6 is 11.6 Å². The Bertz CT molecular complexity index is 676. The largest absolute Gasteiger partial charge is 0.399 e. The highest BCUT2D eigenvalue weighted by Crippen LogP contribution is 2.23. The molecule has 0 unspecified atom stereocenters. The second-order valence-corrected chi connectivity index (χ2v) is 6.63. The van der Waals surface area contributed by atoms with E-state index in [1.807, 2.05) is 29.2 Å². The van der Waals surface area contributed by atoms with Crippen molar-refractivity contribution in [3.8, 4) is 0 Å². The predicted octanol–water partition coefficient (Wildman–Crippen LogP) is 4.02. The third kappa shape index (κ3) is 4.05. The zero-order valence-corrected chi connectivity index (χ0v) is 13.8. The Hall–Kier alpha value is -2.00. The van der Waals surface area contributed by atoms with E-state index in [2.05, 4.69) is 12.1 Å². The zero-order chi connectivity index (χ0) is 16.2. The van der Waals surface area contributed by atoms with E-state index >= 15 is 0 Å². The number of nitrogens with two attached hydrogens (primary N) is 1. The van der Waals surface area contributed by atoms with Crippen LogP contribution in [0.4, 0.5) is 5.69 Å². The molecule has 23 heavy (non-hydrogen) atoms. The number of rotatable bonds is 3. The number of hydrogen-bond acceptors (Lipinski definition) is 2. The average Bonchev–Trinajstić information content (AvgIpc) is 2.57. The van der Waals surface area contributed by atoms with Gasteiger partial charge in [-0.05, 0) is 61.1 Å². The molecule has 3 rings (SSSR count). The van der Waals surface area contributed by atoms with Crippen molar-refractivity contribution in [2.45, 2.75) is 19.3 Å². The van der Waals surface area contributed by atoms with Crippen LogP contribution in [0.15, 0.2) is 48.5 Å². The lowest BCUT2D eigenvalue weighted by Gasteiger charge is -2.32. The van der Waals surface area contributed by atoms with Crippen LogP contribution in [0, 0.1) is 5.92 Å². The van der Waals surface area contributed by atoms with Crippen molar-refractivity contribution >= 4 is 23.2 Å². The van der Waals surface area contributed by atoms with Crippen LogP contribution < -0.4 is 5.73 Å². The monoisotopic (exact) mass is 328 g/mol. The van der Waals surface area contributed by atoms with Gasteiger partial charge in [0.2, 0.25) is 0 Å². The van der Waals surface area contributed by atoms with Crippen molar-refractivity contribution in [2.24, 2.45) is 5.92 Å². The van der Waals surface area contributed by atoms with Gasteiger partial charge in [0.05, 0.1) is 0 Å². The van der Waals surface area contributed by atoms with Crippen LogP contribution in [0.25, 0.3) is 0 Å². The smallest absolute Gasteiger partial charge is 0.253 e. The number of nitrogens with zero attached hydrogens (tertiary/aromatic N) is 1. The molecule has 1 saturated heterocycles. The normalized spacial score (nSPS) is 15.6. The van der Waals surface area contributed by atoms with Crippen LogP contribution in [0.2, 0.25) is 5.02 Å². The molecule has 1 fully saturated rings. The fraction of sp³-hybridized carbons (Fsp3) is 0.316. The fourth-order valence-corrected chi connectivity index (χ4v) is 3.32. The number of carbonyl (C=O) groups excluding carboxylic acids is 1. The summed E-state index contributed by atoms with van der Waals surface area (Å²) in [5, 5.41) is 0.606. The van der Waals surface area contributed by atoms with E-state index in [0.717, 1.165) is 38.0 Å². The summed E-state index contributed by atoms with van der Waals surface area (Å²) in [6, 6.07) is 15.3. The summed E-state index contributed by atoms with van der Waals surface area (Å²) < 4.78 is 0. The first kappa shape index (κ1) is 15.9. The van der Waals surface area contributed by atoms with E-state index in [0.29, 0.717) is 16.5 Å². The topological polar surface area (TPSA) is 46.3 Å². The number of anilines is 1. The molecule has 2 aromatic rings. The fourth-order valence-electron chi connectivity index (χ4n) is 3.13. The molecule has 1 aliphatic heterocycles. The minimum Gasteiger partial charge on any atom is -0.399 e. The molecule has 0 spiro atoms. The Balaban J connectivity index is 1.55. The van der Waals surface area contributed by atoms with Gasteiger partial charge in [0.1, 0.15) is 0 Å². The summed E-state index contributed by atoms with van der Waals surface area (Å²) in [7, 11) is 0. The number of carbonyl (C=O) groups is 1. The third-order valence-corrected chi connectivity index (χ3v) is 4.71. The van der Waals surface area contributed by atoms with E-state index in [1.54, 1.807) is 12.1 Å². The quantitative estimate of drug-likeness (QED) is 0.865. The number of hydrogen-bond donors (Lipinski definition) is 1. The Kier molecular flexibility index (Phi) is 4.87. The van der Waals surface area contributed by atoms with Crippen molar-refractivity contribution in [2.75, 3.05) is 18.8 Å². The van der Waals surface area contributed by atoms with E-state index in [-0.39, 0.29) is 5.91 Å². The maximum absolute atomic E-state index is 12.5. The number of benzene rings is 2. The Labute approximate surface area is 142 Å². The molecular formula is C19H21ClN2O. The van der Waals surface area contributed by atoms with Crippen molar-refractivity contribution < 1.29 is 4.79 Å². The van der Waals surface area contributed by atoms with Crippen LogP contribution in [-0.4, -0.2) is 23.9 Å². The van der Waals surface area contributed by atoms with Gasteiger partial charge in [0.25, 0.3) is 5.91 Å². The maximum atomic E-state index is 12.5. The first-order chi connectivity index (χ1) is 11.1. The third-order valence-electron chi connectivity index (χ3n) is 4.48. The van der Waals surface area contributed by atoms with Crippen molar-refractivity contribution in [1.29, 1.82) is 0 Å². The standard InChI is InChI=1S/C19H21ClN2O/c20-17-3-1-2-16(13-17)19(23)22-10-8-15(9-11-22)12-14-4-6-18(21)7-5-14/h1-7,13,15H,8-12,21H2. The SMILES string of the molecule is Nc1ccc(CC2CCN(C(=O)c3cccc(Cl)c3)CC2)cc1. The number of halogens is 1. The number of piperidine rings is 1. The highest BCUT2D eigenvalue weighted by atomic mass is 35.5. The van der Waals surface area contributed by atoms with Crippen LogP contribution in [0.5, 0.6) is 0 Å². The molecule has 2 N–H and O–H groups in total. The minimum atomic E-state index is 0.0819. The summed E-state index contributed by atoms with van der Waals surface area (Å²) in [6.07, 6.45) is 3.13. The second-order valence-electron chi connectivity index (χ2n) is 6.19. The maximum Gasteiger partial charge on any atom is 0.253 e. The van der Waals surface area contributed by atoms with Crippen molar-refractivity contribution in [3.05, 3.63) is 64.7 Å². The molecule has 0 aromatic heterocycles. The first-order valence-electron chi connectivity index (χ1n) is 8.01. The highest BCUT2D eigenvalue weighted by molar-refractivity contribution is 6.30. The summed E-state index contributed by atoms with van der Waals surface area (Å²) in [5.74, 6) is 0.709. The van der Waals surface area contributed by atoms with Gasteiger partial charge in [-0.2, -0.15) is 0 Å².